The first kappa shape index (κ1) is 21.9. The van der Waals surface area contributed by atoms with E-state index in [2.05, 4.69) is 20.5 Å². The van der Waals surface area contributed by atoms with Crippen LogP contribution in [0.25, 0.3) is 0 Å². The average molecular weight is 432 g/mol. The number of carbonyl (C=O) groups excluding carboxylic acids is 2. The van der Waals surface area contributed by atoms with Gasteiger partial charge in [0.2, 0.25) is 5.91 Å². The van der Waals surface area contributed by atoms with E-state index < -0.39 is 18.2 Å². The zero-order valence-corrected chi connectivity index (χ0v) is 17.8. The van der Waals surface area contributed by atoms with Gasteiger partial charge in [-0.25, -0.2) is 4.79 Å². The molecule has 0 saturated carbocycles. The largest absolute Gasteiger partial charge is 0.379 e. The number of carbonyl (C=O) groups is 2. The minimum Gasteiger partial charge on any atom is -0.379 e. The Hall–Kier alpha value is -2.84. The molecule has 9 heteroatoms. The Morgan fingerprint density at radius 3 is 2.30 bits per heavy atom. The van der Waals surface area contributed by atoms with Gasteiger partial charge in [0.05, 0.1) is 6.10 Å². The molecule has 0 radical (unpaired) electrons. The van der Waals surface area contributed by atoms with Crippen molar-refractivity contribution in [3.63, 3.8) is 0 Å². The van der Waals surface area contributed by atoms with Gasteiger partial charge >= 0.3 is 6.03 Å². The van der Waals surface area contributed by atoms with Gasteiger partial charge in [0.1, 0.15) is 6.04 Å². The van der Waals surface area contributed by atoms with Crippen LogP contribution in [0.3, 0.4) is 0 Å². The molecule has 0 bridgehead atoms. The molecular weight excluding hydrogens is 406 g/mol. The van der Waals surface area contributed by atoms with Crippen molar-refractivity contribution >= 4 is 34.9 Å². The molecule has 2 N–H and O–H groups in total. The van der Waals surface area contributed by atoms with Crippen LogP contribution in [0.15, 0.2) is 48.8 Å². The van der Waals surface area contributed by atoms with Crippen molar-refractivity contribution in [3.8, 4) is 0 Å². The van der Waals surface area contributed by atoms with E-state index in [4.69, 9.17) is 16.3 Å². The van der Waals surface area contributed by atoms with Crippen LogP contribution >= 0.6 is 11.6 Å². The molecule has 1 saturated heterocycles. The highest BCUT2D eigenvalue weighted by Crippen LogP contribution is 2.16. The van der Waals surface area contributed by atoms with E-state index in [-0.39, 0.29) is 5.91 Å². The molecule has 2 heterocycles. The molecular formula is C21H26ClN5O3. The summed E-state index contributed by atoms with van der Waals surface area (Å²) in [6.07, 6.45) is 3.03. The van der Waals surface area contributed by atoms with E-state index in [0.717, 1.165) is 5.69 Å². The van der Waals surface area contributed by atoms with Gasteiger partial charge < -0.3 is 25.2 Å². The Labute approximate surface area is 181 Å². The van der Waals surface area contributed by atoms with E-state index in [1.807, 2.05) is 12.1 Å². The molecule has 1 aromatic carbocycles. The molecule has 0 spiro atoms. The van der Waals surface area contributed by atoms with Crippen molar-refractivity contribution in [2.75, 3.05) is 43.5 Å². The molecule has 3 amide bonds. The maximum absolute atomic E-state index is 13.1. The van der Waals surface area contributed by atoms with E-state index in [9.17, 15) is 9.59 Å². The number of piperazine rings is 1. The first-order valence-electron chi connectivity index (χ1n) is 9.77. The quantitative estimate of drug-likeness (QED) is 0.734. The zero-order chi connectivity index (χ0) is 21.5. The third kappa shape index (κ3) is 5.61. The van der Waals surface area contributed by atoms with Crippen LogP contribution in [-0.2, 0) is 9.53 Å². The molecule has 1 fully saturated rings. The third-order valence-corrected chi connectivity index (χ3v) is 5.37. The predicted molar refractivity (Wildman–Crippen MR) is 117 cm³/mol. The topological polar surface area (TPSA) is 86.8 Å². The molecule has 1 aliphatic heterocycles. The summed E-state index contributed by atoms with van der Waals surface area (Å²) in [5, 5.41) is 6.04. The van der Waals surface area contributed by atoms with Crippen LogP contribution in [0.2, 0.25) is 5.02 Å². The second-order valence-corrected chi connectivity index (χ2v) is 7.48. The van der Waals surface area contributed by atoms with Crippen molar-refractivity contribution < 1.29 is 14.3 Å². The smallest absolute Gasteiger partial charge is 0.319 e. The Morgan fingerprint density at radius 2 is 1.70 bits per heavy atom. The molecule has 2 atom stereocenters. The number of hydrogen-bond donors (Lipinski definition) is 2. The van der Waals surface area contributed by atoms with Crippen molar-refractivity contribution in [1.29, 1.82) is 0 Å². The fourth-order valence-electron chi connectivity index (χ4n) is 3.29. The number of urea groups is 1. The Balaban J connectivity index is 1.60. The summed E-state index contributed by atoms with van der Waals surface area (Å²) in [7, 11) is 1.52. The minimum atomic E-state index is -0.797. The third-order valence-electron chi connectivity index (χ3n) is 5.12. The zero-order valence-electron chi connectivity index (χ0n) is 17.0. The molecule has 3 rings (SSSR count). The number of benzene rings is 1. The number of nitrogens with one attached hydrogen (secondary N) is 2. The number of halogens is 1. The van der Waals surface area contributed by atoms with E-state index in [0.29, 0.717) is 36.9 Å². The summed E-state index contributed by atoms with van der Waals surface area (Å²) in [6, 6.07) is 9.38. The lowest BCUT2D eigenvalue weighted by molar-refractivity contribution is -0.136. The maximum atomic E-state index is 13.1. The summed E-state index contributed by atoms with van der Waals surface area (Å²) in [6.45, 7) is 4.31. The Morgan fingerprint density at radius 1 is 1.07 bits per heavy atom. The predicted octanol–water partition coefficient (Wildman–Crippen LogP) is 2.61. The van der Waals surface area contributed by atoms with Crippen LogP contribution < -0.4 is 15.5 Å². The number of amides is 3. The highest BCUT2D eigenvalue weighted by Gasteiger charge is 2.32. The van der Waals surface area contributed by atoms with Gasteiger partial charge in [-0.05, 0) is 43.3 Å². The SMILES string of the molecule is COC(C)C(NC(=O)Nc1ccc(Cl)cc1)C(=O)N1CCN(c2ccncc2)CC1. The number of nitrogens with zero attached hydrogens (tertiary/aromatic N) is 3. The molecule has 1 aliphatic rings. The first-order chi connectivity index (χ1) is 14.5. The van der Waals surface area contributed by atoms with E-state index in [1.54, 1.807) is 48.5 Å². The first-order valence-corrected chi connectivity index (χ1v) is 10.2. The molecule has 2 aromatic rings. The lowest BCUT2D eigenvalue weighted by Gasteiger charge is -2.38. The van der Waals surface area contributed by atoms with E-state index >= 15 is 0 Å². The monoisotopic (exact) mass is 431 g/mol. The summed E-state index contributed by atoms with van der Waals surface area (Å²) in [5.41, 5.74) is 1.67. The van der Waals surface area contributed by atoms with Crippen molar-refractivity contribution in [3.05, 3.63) is 53.8 Å². The summed E-state index contributed by atoms with van der Waals surface area (Å²) in [5.74, 6) is -0.162. The van der Waals surface area contributed by atoms with Crippen LogP contribution in [0.4, 0.5) is 16.2 Å². The lowest BCUT2D eigenvalue weighted by atomic mass is 10.1. The number of anilines is 2. The van der Waals surface area contributed by atoms with Crippen LogP contribution in [0, 0.1) is 0 Å². The van der Waals surface area contributed by atoms with Gasteiger partial charge in [0, 0.05) is 62.1 Å². The van der Waals surface area contributed by atoms with Gasteiger partial charge in [-0.3, -0.25) is 9.78 Å². The van der Waals surface area contributed by atoms with Gasteiger partial charge in [-0.1, -0.05) is 11.6 Å². The van der Waals surface area contributed by atoms with Crippen LogP contribution in [-0.4, -0.2) is 67.3 Å². The second kappa shape index (κ2) is 10.3. The highest BCUT2D eigenvalue weighted by molar-refractivity contribution is 6.30. The second-order valence-electron chi connectivity index (χ2n) is 7.04. The number of ether oxygens (including phenoxy) is 1. The molecule has 1 aromatic heterocycles. The fourth-order valence-corrected chi connectivity index (χ4v) is 3.42. The van der Waals surface area contributed by atoms with Crippen LogP contribution in [0.5, 0.6) is 0 Å². The van der Waals surface area contributed by atoms with Gasteiger partial charge in [0.25, 0.3) is 0 Å². The average Bonchev–Trinajstić information content (AvgIpc) is 2.79. The molecule has 8 nitrogen and oxygen atoms in total. The number of hydrogen-bond acceptors (Lipinski definition) is 5. The molecule has 30 heavy (non-hydrogen) atoms. The number of aromatic nitrogens is 1. The standard InChI is InChI=1S/C21H26ClN5O3/c1-15(30-2)19(25-21(29)24-17-5-3-16(22)4-6-17)20(28)27-13-11-26(12-14-27)18-7-9-23-10-8-18/h3-10,15,19H,11-14H2,1-2H3,(H2,24,25,29). The normalized spacial score (nSPS) is 16.0. The number of methoxy groups -OCH3 is 1. The highest BCUT2D eigenvalue weighted by atomic mass is 35.5. The van der Waals surface area contributed by atoms with Crippen molar-refractivity contribution in [1.82, 2.24) is 15.2 Å². The van der Waals surface area contributed by atoms with Gasteiger partial charge in [-0.15, -0.1) is 0 Å². The minimum absolute atomic E-state index is 0.162. The van der Waals surface area contributed by atoms with Crippen molar-refractivity contribution in [2.45, 2.75) is 19.1 Å². The summed E-state index contributed by atoms with van der Waals surface area (Å²) < 4.78 is 5.36. The van der Waals surface area contributed by atoms with Crippen molar-refractivity contribution in [2.24, 2.45) is 0 Å². The Bertz CT molecular complexity index is 841. The Kier molecular flexibility index (Phi) is 7.48. The molecule has 160 valence electrons. The summed E-state index contributed by atoms with van der Waals surface area (Å²) >= 11 is 5.87. The van der Waals surface area contributed by atoms with Gasteiger partial charge in [-0.2, -0.15) is 0 Å². The molecule has 0 aliphatic carbocycles. The fraction of sp³-hybridized carbons (Fsp3) is 0.381. The number of rotatable bonds is 6. The lowest BCUT2D eigenvalue weighted by Crippen LogP contribution is -2.58. The maximum Gasteiger partial charge on any atom is 0.319 e. The van der Waals surface area contributed by atoms with Crippen LogP contribution in [0.1, 0.15) is 6.92 Å². The summed E-state index contributed by atoms with van der Waals surface area (Å²) in [4.78, 5) is 33.6. The van der Waals surface area contributed by atoms with Gasteiger partial charge in [0.15, 0.2) is 0 Å². The van der Waals surface area contributed by atoms with E-state index in [1.165, 1.54) is 7.11 Å². The molecule has 2 unspecified atom stereocenters. The number of pyridine rings is 1.